The van der Waals surface area contributed by atoms with Crippen LogP contribution >= 0.6 is 0 Å². The van der Waals surface area contributed by atoms with Crippen molar-refractivity contribution in [3.8, 4) is 0 Å². The zero-order valence-corrected chi connectivity index (χ0v) is 29.7. The standard InChI is InChI=1S/C13H16N2O2.C4H10O.6C3H6.C2H6O2/c1-2-3-9-11-12(16)14-15(13(11)17)10-7-5-4-6-8-10;1-3-5-4-2;6*1-3-2;3-1-2-4/h4-8,11H,2-3,9H2,1H3,(H,14,16);3-4H2,1-2H3;6*3H,1H2,2H3;3-4H,1-2H2. The van der Waals surface area contributed by atoms with Crippen molar-refractivity contribution in [2.75, 3.05) is 31.4 Å². The summed E-state index contributed by atoms with van der Waals surface area (Å²) in [7, 11) is 0. The Morgan fingerprint density at radius 2 is 1.07 bits per heavy atom. The van der Waals surface area contributed by atoms with Crippen molar-refractivity contribution < 1.29 is 24.5 Å². The van der Waals surface area contributed by atoms with Gasteiger partial charge in [0.05, 0.1) is 18.9 Å². The first-order valence-electron chi connectivity index (χ1n) is 15.0. The highest BCUT2D eigenvalue weighted by molar-refractivity contribution is 6.14. The third-order valence-electron chi connectivity index (χ3n) is 3.43. The van der Waals surface area contributed by atoms with Gasteiger partial charge in [0.15, 0.2) is 0 Å². The van der Waals surface area contributed by atoms with Crippen molar-refractivity contribution in [3.05, 3.63) is 106 Å². The first kappa shape index (κ1) is 56.3. The zero-order chi connectivity index (χ0) is 36.0. The molecule has 7 nitrogen and oxygen atoms in total. The van der Waals surface area contributed by atoms with E-state index in [-0.39, 0.29) is 25.0 Å². The summed E-state index contributed by atoms with van der Waals surface area (Å²) < 4.78 is 4.83. The molecule has 0 radical (unpaired) electrons. The predicted molar refractivity (Wildman–Crippen MR) is 197 cm³/mol. The van der Waals surface area contributed by atoms with E-state index in [9.17, 15) is 9.59 Å². The van der Waals surface area contributed by atoms with Crippen LogP contribution in [-0.4, -0.2) is 48.5 Å². The predicted octanol–water partition coefficient (Wildman–Crippen LogP) is 9.04. The number of nitrogens with one attached hydrogen (secondary N) is 1. The highest BCUT2D eigenvalue weighted by Gasteiger charge is 2.39. The smallest absolute Gasteiger partial charge is 0.258 e. The summed E-state index contributed by atoms with van der Waals surface area (Å²) in [6, 6.07) is 9.17. The lowest BCUT2D eigenvalue weighted by Gasteiger charge is -2.14. The summed E-state index contributed by atoms with van der Waals surface area (Å²) in [6.45, 7) is 39.0. The number of benzene rings is 1. The maximum Gasteiger partial charge on any atom is 0.258 e. The van der Waals surface area contributed by atoms with Crippen LogP contribution in [0, 0.1) is 5.92 Å². The number of anilines is 1. The van der Waals surface area contributed by atoms with E-state index in [1.165, 1.54) is 5.01 Å². The molecule has 1 aliphatic rings. The summed E-state index contributed by atoms with van der Waals surface area (Å²) in [5, 5.41) is 16.6. The minimum absolute atomic E-state index is 0.125. The molecule has 7 heteroatoms. The van der Waals surface area contributed by atoms with Crippen LogP contribution in [0.15, 0.2) is 106 Å². The number of aliphatic hydroxyl groups excluding tert-OH is 2. The molecule has 2 rings (SSSR count). The number of nitrogens with zero attached hydrogens (tertiary/aromatic N) is 1. The summed E-state index contributed by atoms with van der Waals surface area (Å²) in [5.41, 5.74) is 3.34. The van der Waals surface area contributed by atoms with E-state index < -0.39 is 5.92 Å². The second-order valence-corrected chi connectivity index (χ2v) is 7.86. The van der Waals surface area contributed by atoms with E-state index >= 15 is 0 Å². The number of amides is 2. The number of rotatable bonds is 7. The van der Waals surface area contributed by atoms with E-state index in [0.29, 0.717) is 12.1 Å². The van der Waals surface area contributed by atoms with E-state index in [1.54, 1.807) is 48.6 Å². The van der Waals surface area contributed by atoms with Gasteiger partial charge < -0.3 is 14.9 Å². The number of carbonyl (C=O) groups excluding carboxylic acids is 2. The molecule has 0 spiro atoms. The summed E-state index contributed by atoms with van der Waals surface area (Å²) in [5.74, 6) is -0.850. The Kier molecular flexibility index (Phi) is 75.5. The van der Waals surface area contributed by atoms with Crippen LogP contribution in [0.2, 0.25) is 0 Å². The highest BCUT2D eigenvalue weighted by Crippen LogP contribution is 2.22. The van der Waals surface area contributed by atoms with Gasteiger partial charge in [-0.05, 0) is 73.9 Å². The number of hydrazine groups is 1. The number of hydrogen-bond donors (Lipinski definition) is 3. The van der Waals surface area contributed by atoms with Crippen LogP contribution in [0.5, 0.6) is 0 Å². The van der Waals surface area contributed by atoms with Gasteiger partial charge >= 0.3 is 0 Å². The van der Waals surface area contributed by atoms with Crippen LogP contribution in [0.4, 0.5) is 5.69 Å². The topological polar surface area (TPSA) is 99.1 Å². The summed E-state index contributed by atoms with van der Waals surface area (Å²) >= 11 is 0. The van der Waals surface area contributed by atoms with Gasteiger partial charge in [0.2, 0.25) is 0 Å². The van der Waals surface area contributed by atoms with Crippen molar-refractivity contribution >= 4 is 17.5 Å². The number of unbranched alkanes of at least 4 members (excludes halogenated alkanes) is 1. The normalized spacial score (nSPS) is 11.0. The van der Waals surface area contributed by atoms with Crippen LogP contribution in [0.3, 0.4) is 0 Å². The van der Waals surface area contributed by atoms with Crippen LogP contribution < -0.4 is 10.4 Å². The molecule has 1 heterocycles. The Bertz CT molecular complexity index is 699. The third kappa shape index (κ3) is 54.5. The number of ether oxygens (including phenoxy) is 1. The fourth-order valence-corrected chi connectivity index (χ4v) is 2.15. The van der Waals surface area contributed by atoms with Crippen molar-refractivity contribution in [2.24, 2.45) is 5.92 Å². The molecule has 1 unspecified atom stereocenters. The van der Waals surface area contributed by atoms with Gasteiger partial charge in [0.25, 0.3) is 11.8 Å². The summed E-state index contributed by atoms with van der Waals surface area (Å²) in [4.78, 5) is 23.8. The molecule has 1 fully saturated rings. The van der Waals surface area contributed by atoms with Gasteiger partial charge in [-0.1, -0.05) is 74.4 Å². The number of aliphatic hydroxyl groups is 2. The first-order valence-corrected chi connectivity index (χ1v) is 15.0. The molecule has 3 N–H and O–H groups in total. The fraction of sp³-hybridized carbons (Fsp3) is 0.459. The van der Waals surface area contributed by atoms with Gasteiger partial charge in [-0.3, -0.25) is 15.0 Å². The first-order chi connectivity index (χ1) is 21.1. The maximum atomic E-state index is 12.1. The van der Waals surface area contributed by atoms with E-state index in [0.717, 1.165) is 26.1 Å². The zero-order valence-electron chi connectivity index (χ0n) is 29.7. The molecule has 1 aliphatic heterocycles. The van der Waals surface area contributed by atoms with Crippen molar-refractivity contribution in [1.29, 1.82) is 0 Å². The molecule has 2 amide bonds. The number of hydrogen-bond acceptors (Lipinski definition) is 5. The number of para-hydroxylation sites is 1. The lowest BCUT2D eigenvalue weighted by Crippen LogP contribution is -2.35. The third-order valence-corrected chi connectivity index (χ3v) is 3.43. The van der Waals surface area contributed by atoms with Crippen LogP contribution in [0.25, 0.3) is 0 Å². The molecule has 0 aromatic heterocycles. The Hall–Kier alpha value is -3.52. The molecule has 1 saturated heterocycles. The van der Waals surface area contributed by atoms with Crippen molar-refractivity contribution in [2.45, 2.75) is 81.6 Å². The molecule has 0 bridgehead atoms. The van der Waals surface area contributed by atoms with Crippen molar-refractivity contribution in [1.82, 2.24) is 5.43 Å². The SMILES string of the molecule is C=CC.C=CC.C=CC.C=CC.C=CC.C=CC.CCCCC1C(=O)NN(c2ccccc2)C1=O.CCOCC.OCCO. The lowest BCUT2D eigenvalue weighted by molar-refractivity contribution is -0.127. The second kappa shape index (κ2) is 59.0. The Morgan fingerprint density at radius 3 is 1.32 bits per heavy atom. The minimum Gasteiger partial charge on any atom is -0.394 e. The Morgan fingerprint density at radius 1 is 0.727 bits per heavy atom. The van der Waals surface area contributed by atoms with Crippen LogP contribution in [0.1, 0.15) is 81.6 Å². The largest absolute Gasteiger partial charge is 0.394 e. The molecular weight excluding hydrogens is 552 g/mol. The van der Waals surface area contributed by atoms with Gasteiger partial charge in [0, 0.05) is 13.2 Å². The quantitative estimate of drug-likeness (QED) is 0.209. The molecule has 256 valence electrons. The van der Waals surface area contributed by atoms with Crippen molar-refractivity contribution in [3.63, 3.8) is 0 Å². The minimum atomic E-state index is -0.518. The maximum absolute atomic E-state index is 12.1. The fourth-order valence-electron chi connectivity index (χ4n) is 2.15. The van der Waals surface area contributed by atoms with E-state index in [2.05, 4.69) is 44.9 Å². The number of allylic oxidation sites excluding steroid dienone is 6. The summed E-state index contributed by atoms with van der Waals surface area (Å²) in [6.07, 6.45) is 13.0. The Balaban J connectivity index is -0.0000000841. The second-order valence-electron chi connectivity index (χ2n) is 7.86. The molecule has 1 aromatic rings. The van der Waals surface area contributed by atoms with Gasteiger partial charge in [-0.2, -0.15) is 0 Å². The van der Waals surface area contributed by atoms with E-state index in [1.807, 2.05) is 80.5 Å². The molecule has 1 atom stereocenters. The van der Waals surface area contributed by atoms with Gasteiger partial charge in [0.1, 0.15) is 5.92 Å². The molecule has 1 aromatic carbocycles. The molecule has 44 heavy (non-hydrogen) atoms. The average molecular weight is 621 g/mol. The molecular formula is C37H68N2O5. The highest BCUT2D eigenvalue weighted by atomic mass is 16.5. The van der Waals surface area contributed by atoms with Gasteiger partial charge in [-0.15, -0.1) is 39.5 Å². The van der Waals surface area contributed by atoms with E-state index in [4.69, 9.17) is 14.9 Å². The lowest BCUT2D eigenvalue weighted by atomic mass is 10.0. The number of carbonyl (C=O) groups is 2. The average Bonchev–Trinajstić information content (AvgIpc) is 3.28. The Labute approximate surface area is 272 Å². The monoisotopic (exact) mass is 621 g/mol. The molecule has 0 saturated carbocycles. The van der Waals surface area contributed by atoms with Gasteiger partial charge in [-0.25, -0.2) is 5.01 Å². The van der Waals surface area contributed by atoms with Crippen LogP contribution in [-0.2, 0) is 14.3 Å². The molecule has 0 aliphatic carbocycles.